The molecule has 0 bridgehead atoms. The van der Waals surface area contributed by atoms with Gasteiger partial charge in [-0.25, -0.2) is 19.5 Å². The van der Waals surface area contributed by atoms with Crippen LogP contribution in [0.3, 0.4) is 0 Å². The Balaban J connectivity index is 2.00. The number of fused-ring (bicyclic) bond motifs is 1. The maximum absolute atomic E-state index is 13.1. The molecule has 0 atom stereocenters. The summed E-state index contributed by atoms with van der Waals surface area (Å²) >= 11 is 0. The first kappa shape index (κ1) is 17.6. The Labute approximate surface area is 161 Å². The smallest absolute Gasteiger partial charge is 0.265 e. The summed E-state index contributed by atoms with van der Waals surface area (Å²) in [4.78, 5) is 25.5. The summed E-state index contributed by atoms with van der Waals surface area (Å²) in [5, 5.41) is 12.1. The maximum Gasteiger partial charge on any atom is 0.265 e. The zero-order valence-corrected chi connectivity index (χ0v) is 15.5. The van der Waals surface area contributed by atoms with Gasteiger partial charge in [-0.1, -0.05) is 24.3 Å². The molecule has 0 aliphatic rings. The average Bonchev–Trinajstić information content (AvgIpc) is 2.71. The van der Waals surface area contributed by atoms with Crippen molar-refractivity contribution < 1.29 is 5.11 Å². The lowest BCUT2D eigenvalue weighted by atomic mass is 10.1. The van der Waals surface area contributed by atoms with Crippen molar-refractivity contribution in [1.82, 2.24) is 14.5 Å². The number of hydrogen-bond acceptors (Lipinski definition) is 5. The first-order valence-electron chi connectivity index (χ1n) is 8.81. The number of pyridine rings is 1. The predicted molar refractivity (Wildman–Crippen MR) is 110 cm³/mol. The monoisotopic (exact) mass is 370 g/mol. The number of aromatic nitrogens is 3. The van der Waals surface area contributed by atoms with Crippen LogP contribution in [-0.4, -0.2) is 25.9 Å². The van der Waals surface area contributed by atoms with Crippen molar-refractivity contribution in [3.63, 3.8) is 0 Å². The fourth-order valence-electron chi connectivity index (χ4n) is 3.07. The van der Waals surface area contributed by atoms with Crippen molar-refractivity contribution in [2.75, 3.05) is 0 Å². The van der Waals surface area contributed by atoms with Crippen LogP contribution in [0.5, 0.6) is 5.88 Å². The van der Waals surface area contributed by atoms with Crippen LogP contribution in [0.4, 0.5) is 5.95 Å². The van der Waals surface area contributed by atoms with Gasteiger partial charge in [0.2, 0.25) is 11.8 Å². The van der Waals surface area contributed by atoms with Gasteiger partial charge in [-0.2, -0.15) is 0 Å². The number of benzene rings is 2. The van der Waals surface area contributed by atoms with Gasteiger partial charge in [-0.05, 0) is 49.2 Å². The van der Waals surface area contributed by atoms with Crippen molar-refractivity contribution in [3.8, 4) is 11.6 Å². The summed E-state index contributed by atoms with van der Waals surface area (Å²) in [6.07, 6.45) is 4.67. The molecule has 0 saturated heterocycles. The molecule has 4 rings (SSSR count). The molecule has 1 N–H and O–H groups in total. The SMILES string of the molecule is Cc1ccc(-n2c(O)c(/C=N/c3ncccn3)c3ccccc3c2=O)cc1C. The highest BCUT2D eigenvalue weighted by Gasteiger charge is 2.16. The molecule has 0 fully saturated rings. The molecule has 6 heteroatoms. The van der Waals surface area contributed by atoms with Crippen molar-refractivity contribution in [2.45, 2.75) is 13.8 Å². The summed E-state index contributed by atoms with van der Waals surface area (Å²) in [6, 6.07) is 14.5. The van der Waals surface area contributed by atoms with Crippen molar-refractivity contribution >= 4 is 22.9 Å². The van der Waals surface area contributed by atoms with Crippen molar-refractivity contribution in [1.29, 1.82) is 0 Å². The molecule has 0 saturated carbocycles. The first-order chi connectivity index (χ1) is 13.6. The summed E-state index contributed by atoms with van der Waals surface area (Å²) in [5.74, 6) is 0.0987. The summed E-state index contributed by atoms with van der Waals surface area (Å²) in [7, 11) is 0. The van der Waals surface area contributed by atoms with Gasteiger partial charge in [0.15, 0.2) is 0 Å². The van der Waals surface area contributed by atoms with E-state index in [1.807, 2.05) is 38.1 Å². The Hall–Kier alpha value is -3.80. The zero-order valence-electron chi connectivity index (χ0n) is 15.5. The zero-order chi connectivity index (χ0) is 19.7. The third-order valence-electron chi connectivity index (χ3n) is 4.71. The van der Waals surface area contributed by atoms with E-state index in [0.717, 1.165) is 11.1 Å². The molecule has 2 heterocycles. The molecule has 2 aromatic carbocycles. The Morgan fingerprint density at radius 1 is 0.964 bits per heavy atom. The van der Waals surface area contributed by atoms with Crippen molar-refractivity contribution in [2.24, 2.45) is 4.99 Å². The summed E-state index contributed by atoms with van der Waals surface area (Å²) in [5.41, 5.74) is 2.89. The second-order valence-corrected chi connectivity index (χ2v) is 6.50. The van der Waals surface area contributed by atoms with Gasteiger partial charge in [0.05, 0.1) is 11.3 Å². The Bertz CT molecular complexity index is 1260. The second kappa shape index (κ2) is 7.08. The van der Waals surface area contributed by atoms with Crippen LogP contribution in [0.1, 0.15) is 16.7 Å². The molecule has 0 amide bonds. The van der Waals surface area contributed by atoms with E-state index in [0.29, 0.717) is 22.0 Å². The van der Waals surface area contributed by atoms with Gasteiger partial charge in [0.1, 0.15) is 0 Å². The Kier molecular flexibility index (Phi) is 4.45. The van der Waals surface area contributed by atoms with Gasteiger partial charge >= 0.3 is 0 Å². The van der Waals surface area contributed by atoms with E-state index in [2.05, 4.69) is 15.0 Å². The number of rotatable bonds is 3. The van der Waals surface area contributed by atoms with Crippen LogP contribution in [-0.2, 0) is 0 Å². The fourth-order valence-corrected chi connectivity index (χ4v) is 3.07. The van der Waals surface area contributed by atoms with Gasteiger partial charge in [0.25, 0.3) is 5.56 Å². The molecule has 138 valence electrons. The van der Waals surface area contributed by atoms with Crippen LogP contribution in [0, 0.1) is 13.8 Å². The Morgan fingerprint density at radius 3 is 2.39 bits per heavy atom. The van der Waals surface area contributed by atoms with Gasteiger partial charge in [0, 0.05) is 29.4 Å². The number of nitrogens with zero attached hydrogens (tertiary/aromatic N) is 4. The van der Waals surface area contributed by atoms with E-state index >= 15 is 0 Å². The topological polar surface area (TPSA) is 80.4 Å². The maximum atomic E-state index is 13.1. The van der Waals surface area contributed by atoms with E-state index < -0.39 is 0 Å². The van der Waals surface area contributed by atoms with Gasteiger partial charge in [-0.15, -0.1) is 0 Å². The molecule has 0 radical (unpaired) electrons. The number of aliphatic imine (C=N–C) groups is 1. The molecule has 0 aliphatic carbocycles. The minimum atomic E-state index is -0.288. The van der Waals surface area contributed by atoms with Crippen LogP contribution >= 0.6 is 0 Å². The van der Waals surface area contributed by atoms with Crippen molar-refractivity contribution in [3.05, 3.63) is 88.0 Å². The van der Waals surface area contributed by atoms with Crippen LogP contribution < -0.4 is 5.56 Å². The van der Waals surface area contributed by atoms with Crippen LogP contribution in [0.2, 0.25) is 0 Å². The summed E-state index contributed by atoms with van der Waals surface area (Å²) < 4.78 is 1.31. The third kappa shape index (κ3) is 3.05. The van der Waals surface area contributed by atoms with Crippen LogP contribution in [0.15, 0.2) is 70.7 Å². The lowest BCUT2D eigenvalue weighted by Gasteiger charge is -2.14. The van der Waals surface area contributed by atoms with E-state index in [-0.39, 0.29) is 17.4 Å². The normalized spacial score (nSPS) is 11.4. The highest BCUT2D eigenvalue weighted by molar-refractivity contribution is 6.02. The lowest BCUT2D eigenvalue weighted by molar-refractivity contribution is 0.436. The summed E-state index contributed by atoms with van der Waals surface area (Å²) in [6.45, 7) is 3.97. The quantitative estimate of drug-likeness (QED) is 0.556. The predicted octanol–water partition coefficient (Wildman–Crippen LogP) is 3.85. The average molecular weight is 370 g/mol. The molecule has 2 aromatic heterocycles. The van der Waals surface area contributed by atoms with E-state index in [1.54, 1.807) is 36.7 Å². The fraction of sp³-hybridized carbons (Fsp3) is 0.0909. The molecule has 0 unspecified atom stereocenters. The minimum absolute atomic E-state index is 0.174. The standard InChI is InChI=1S/C22H18N4O2/c1-14-8-9-16(12-15(14)2)26-20(27)18-7-4-3-6-17(18)19(21(26)28)13-25-22-23-10-5-11-24-22/h3-13,28H,1-2H3/b25-13+. The minimum Gasteiger partial charge on any atom is -0.494 e. The highest BCUT2D eigenvalue weighted by atomic mass is 16.3. The largest absolute Gasteiger partial charge is 0.494 e. The number of aromatic hydroxyl groups is 1. The van der Waals surface area contributed by atoms with E-state index in [1.165, 1.54) is 10.8 Å². The molecule has 4 aromatic rings. The lowest BCUT2D eigenvalue weighted by Crippen LogP contribution is -2.20. The molecular weight excluding hydrogens is 352 g/mol. The van der Waals surface area contributed by atoms with Gasteiger partial charge in [-0.3, -0.25) is 4.79 Å². The Morgan fingerprint density at radius 2 is 1.68 bits per heavy atom. The molecule has 0 aliphatic heterocycles. The highest BCUT2D eigenvalue weighted by Crippen LogP contribution is 2.27. The van der Waals surface area contributed by atoms with Crippen LogP contribution in [0.25, 0.3) is 16.5 Å². The third-order valence-corrected chi connectivity index (χ3v) is 4.71. The molecule has 6 nitrogen and oxygen atoms in total. The molecular formula is C22H18N4O2. The van der Waals surface area contributed by atoms with E-state index in [4.69, 9.17) is 0 Å². The van der Waals surface area contributed by atoms with Gasteiger partial charge < -0.3 is 5.11 Å². The number of hydrogen-bond donors (Lipinski definition) is 1. The molecule has 0 spiro atoms. The molecule has 28 heavy (non-hydrogen) atoms. The number of aryl methyl sites for hydroxylation is 2. The van der Waals surface area contributed by atoms with E-state index in [9.17, 15) is 9.90 Å². The first-order valence-corrected chi connectivity index (χ1v) is 8.81. The second-order valence-electron chi connectivity index (χ2n) is 6.50.